The van der Waals surface area contributed by atoms with Gasteiger partial charge in [0.1, 0.15) is 17.4 Å². The Morgan fingerprint density at radius 2 is 1.36 bits per heavy atom. The van der Waals surface area contributed by atoms with Gasteiger partial charge in [-0.1, -0.05) is 54.6 Å². The van der Waals surface area contributed by atoms with Crippen molar-refractivity contribution in [1.82, 2.24) is 9.97 Å². The zero-order valence-electron chi connectivity index (χ0n) is 17.4. The fraction of sp³-hybridized carbons (Fsp3) is 0.0385. The highest BCUT2D eigenvalue weighted by atomic mass is 19.3. The molecule has 2 aromatic heterocycles. The van der Waals surface area contributed by atoms with Crippen molar-refractivity contribution in [3.8, 4) is 5.75 Å². The van der Waals surface area contributed by atoms with Crippen molar-refractivity contribution in [2.24, 2.45) is 0 Å². The van der Waals surface area contributed by atoms with Gasteiger partial charge in [-0.3, -0.25) is 4.79 Å². The number of ether oxygens (including phenoxy) is 1. The minimum absolute atomic E-state index is 0.0401. The summed E-state index contributed by atoms with van der Waals surface area (Å²) in [4.78, 5) is 24.1. The van der Waals surface area contributed by atoms with Crippen LogP contribution in [0, 0.1) is 0 Å². The molecule has 0 fully saturated rings. The van der Waals surface area contributed by atoms with Crippen LogP contribution in [0.5, 0.6) is 5.75 Å². The Hall–Kier alpha value is -4.39. The Kier molecular flexibility index (Phi) is 6.80. The zero-order chi connectivity index (χ0) is 23.0. The smallest absolute Gasteiger partial charge is 0.387 e. The number of hydrogen-bond donors (Lipinski definition) is 0. The second kappa shape index (κ2) is 10.3. The maximum atomic E-state index is 13.9. The number of pyridine rings is 2. The van der Waals surface area contributed by atoms with Crippen molar-refractivity contribution < 1.29 is 18.3 Å². The van der Waals surface area contributed by atoms with Crippen LogP contribution in [0.3, 0.4) is 0 Å². The predicted molar refractivity (Wildman–Crippen MR) is 123 cm³/mol. The number of carbonyl (C=O) groups excluding carboxylic acids is 1. The van der Waals surface area contributed by atoms with E-state index in [2.05, 4.69) is 14.7 Å². The monoisotopic (exact) mass is 443 g/mol. The quantitative estimate of drug-likeness (QED) is 0.260. The molecule has 164 valence electrons. The van der Waals surface area contributed by atoms with Crippen LogP contribution in [0.15, 0.2) is 103 Å². The average molecular weight is 443 g/mol. The molecule has 0 bridgehead atoms. The molecule has 0 saturated heterocycles. The van der Waals surface area contributed by atoms with E-state index in [-0.39, 0.29) is 11.7 Å². The van der Waals surface area contributed by atoms with Crippen LogP contribution in [0.4, 0.5) is 20.4 Å². The number of halogens is 2. The molecular weight excluding hydrogens is 424 g/mol. The van der Waals surface area contributed by atoms with Gasteiger partial charge in [0, 0.05) is 18.0 Å². The fourth-order valence-electron chi connectivity index (χ4n) is 3.22. The minimum Gasteiger partial charge on any atom is -0.435 e. The Bertz CT molecular complexity index is 1180. The van der Waals surface area contributed by atoms with Crippen molar-refractivity contribution in [2.45, 2.75) is 6.61 Å². The second-order valence-corrected chi connectivity index (χ2v) is 6.89. The van der Waals surface area contributed by atoms with Crippen LogP contribution in [0.1, 0.15) is 11.1 Å². The third kappa shape index (κ3) is 5.46. The molecule has 5 nitrogen and oxygen atoms in total. The molecule has 0 saturated carbocycles. The summed E-state index contributed by atoms with van der Waals surface area (Å²) in [6, 6.07) is 25.8. The maximum Gasteiger partial charge on any atom is 0.387 e. The second-order valence-electron chi connectivity index (χ2n) is 6.89. The third-order valence-corrected chi connectivity index (χ3v) is 4.69. The lowest BCUT2D eigenvalue weighted by molar-refractivity contribution is -0.112. The molecule has 0 radical (unpaired) electrons. The number of aromatic nitrogens is 2. The van der Waals surface area contributed by atoms with Gasteiger partial charge in [0.2, 0.25) is 0 Å². The van der Waals surface area contributed by atoms with Crippen LogP contribution >= 0.6 is 0 Å². The lowest BCUT2D eigenvalue weighted by Crippen LogP contribution is -2.28. The Labute approximate surface area is 189 Å². The van der Waals surface area contributed by atoms with E-state index < -0.39 is 6.61 Å². The summed E-state index contributed by atoms with van der Waals surface area (Å²) in [6.07, 6.45) is 4.90. The largest absolute Gasteiger partial charge is 0.435 e. The molecule has 4 rings (SSSR count). The zero-order valence-corrected chi connectivity index (χ0v) is 17.4. The number of carbonyl (C=O) groups is 1. The summed E-state index contributed by atoms with van der Waals surface area (Å²) in [6.45, 7) is -2.90. The van der Waals surface area contributed by atoms with E-state index in [0.29, 0.717) is 28.3 Å². The van der Waals surface area contributed by atoms with Gasteiger partial charge < -0.3 is 4.74 Å². The Morgan fingerprint density at radius 1 is 0.788 bits per heavy atom. The predicted octanol–water partition coefficient (Wildman–Crippen LogP) is 5.98. The van der Waals surface area contributed by atoms with Gasteiger partial charge in [-0.25, -0.2) is 14.9 Å². The van der Waals surface area contributed by atoms with Gasteiger partial charge in [0.05, 0.1) is 0 Å². The van der Waals surface area contributed by atoms with Crippen molar-refractivity contribution in [3.05, 3.63) is 115 Å². The first-order chi connectivity index (χ1) is 16.1. The lowest BCUT2D eigenvalue weighted by atomic mass is 10.0. The Morgan fingerprint density at radius 3 is 1.88 bits per heavy atom. The van der Waals surface area contributed by atoms with E-state index in [0.717, 1.165) is 0 Å². The molecule has 0 aliphatic rings. The number of rotatable bonds is 7. The standard InChI is InChI=1S/C26H19F2N3O2/c27-26(28)33-21-14-12-19(13-15-21)18-22(20-8-2-1-3-9-20)25(32)31(23-10-4-6-16-29-23)24-11-5-7-17-30-24/h1-18,26H/b22-18+. The summed E-state index contributed by atoms with van der Waals surface area (Å²) < 4.78 is 29.4. The first-order valence-corrected chi connectivity index (χ1v) is 10.1. The highest BCUT2D eigenvalue weighted by molar-refractivity contribution is 6.31. The SMILES string of the molecule is O=C(/C(=C/c1ccc(OC(F)F)cc1)c1ccccc1)N(c1ccccn1)c1ccccn1. The van der Waals surface area contributed by atoms with E-state index in [1.54, 1.807) is 67.0 Å². The highest BCUT2D eigenvalue weighted by Gasteiger charge is 2.24. The first kappa shape index (κ1) is 21.8. The van der Waals surface area contributed by atoms with Crippen LogP contribution in [0.25, 0.3) is 11.6 Å². The fourth-order valence-corrected chi connectivity index (χ4v) is 3.22. The van der Waals surface area contributed by atoms with Crippen molar-refractivity contribution in [1.29, 1.82) is 0 Å². The van der Waals surface area contributed by atoms with E-state index in [9.17, 15) is 13.6 Å². The molecule has 4 aromatic rings. The summed E-state index contributed by atoms with van der Waals surface area (Å²) >= 11 is 0. The van der Waals surface area contributed by atoms with Gasteiger partial charge in [-0.05, 0) is 53.6 Å². The summed E-state index contributed by atoms with van der Waals surface area (Å²) in [5.41, 5.74) is 1.72. The van der Waals surface area contributed by atoms with Gasteiger partial charge >= 0.3 is 6.61 Å². The molecule has 7 heteroatoms. The third-order valence-electron chi connectivity index (χ3n) is 4.69. The van der Waals surface area contributed by atoms with E-state index >= 15 is 0 Å². The van der Waals surface area contributed by atoms with Crippen LogP contribution < -0.4 is 9.64 Å². The van der Waals surface area contributed by atoms with Gasteiger partial charge in [0.15, 0.2) is 0 Å². The van der Waals surface area contributed by atoms with Crippen molar-refractivity contribution in [2.75, 3.05) is 4.90 Å². The molecule has 0 N–H and O–H groups in total. The average Bonchev–Trinajstić information content (AvgIpc) is 2.85. The molecule has 0 atom stereocenters. The molecule has 0 aliphatic heterocycles. The van der Waals surface area contributed by atoms with Gasteiger partial charge in [-0.2, -0.15) is 8.78 Å². The minimum atomic E-state index is -2.90. The summed E-state index contributed by atoms with van der Waals surface area (Å²) in [5, 5.41) is 0. The highest BCUT2D eigenvalue weighted by Crippen LogP contribution is 2.29. The maximum absolute atomic E-state index is 13.9. The van der Waals surface area contributed by atoms with Crippen molar-refractivity contribution >= 4 is 29.2 Å². The molecule has 2 heterocycles. The normalized spacial score (nSPS) is 11.3. The van der Waals surface area contributed by atoms with Crippen molar-refractivity contribution in [3.63, 3.8) is 0 Å². The molecular formula is C26H19F2N3O2. The number of alkyl halides is 2. The van der Waals surface area contributed by atoms with E-state index in [1.807, 2.05) is 30.3 Å². The van der Waals surface area contributed by atoms with E-state index in [1.165, 1.54) is 17.0 Å². The number of amides is 1. The number of anilines is 2. The van der Waals surface area contributed by atoms with Gasteiger partial charge in [0.25, 0.3) is 5.91 Å². The summed E-state index contributed by atoms with van der Waals surface area (Å²) in [5.74, 6) is 0.539. The molecule has 33 heavy (non-hydrogen) atoms. The van der Waals surface area contributed by atoms with Crippen LogP contribution in [0.2, 0.25) is 0 Å². The molecule has 1 amide bonds. The first-order valence-electron chi connectivity index (χ1n) is 10.1. The van der Waals surface area contributed by atoms with E-state index in [4.69, 9.17) is 0 Å². The van der Waals surface area contributed by atoms with Gasteiger partial charge in [-0.15, -0.1) is 0 Å². The lowest BCUT2D eigenvalue weighted by Gasteiger charge is -2.22. The Balaban J connectivity index is 1.79. The van der Waals surface area contributed by atoms with Crippen LogP contribution in [-0.2, 0) is 4.79 Å². The number of hydrogen-bond acceptors (Lipinski definition) is 4. The molecule has 0 unspecified atom stereocenters. The molecule has 0 spiro atoms. The number of benzene rings is 2. The topological polar surface area (TPSA) is 55.3 Å². The van der Waals surface area contributed by atoms with Crippen LogP contribution in [-0.4, -0.2) is 22.5 Å². The molecule has 2 aromatic carbocycles. The number of nitrogens with zero attached hydrogens (tertiary/aromatic N) is 3. The molecule has 0 aliphatic carbocycles. The summed E-state index contributed by atoms with van der Waals surface area (Å²) in [7, 11) is 0.